The quantitative estimate of drug-likeness (QED) is 0.303. The van der Waals surface area contributed by atoms with E-state index in [1.807, 2.05) is 30.3 Å². The van der Waals surface area contributed by atoms with Crippen LogP contribution in [0.2, 0.25) is 0 Å². The fourth-order valence-electron chi connectivity index (χ4n) is 5.64. The van der Waals surface area contributed by atoms with Crippen LogP contribution in [0.3, 0.4) is 0 Å². The van der Waals surface area contributed by atoms with Crippen molar-refractivity contribution in [1.29, 1.82) is 0 Å². The van der Waals surface area contributed by atoms with Crippen LogP contribution in [-0.2, 0) is 24.6 Å². The van der Waals surface area contributed by atoms with Crippen LogP contribution < -0.4 is 10.1 Å². The monoisotopic (exact) mass is 573 g/mol. The fourth-order valence-corrected chi connectivity index (χ4v) is 5.64. The van der Waals surface area contributed by atoms with Crippen LogP contribution in [0.1, 0.15) is 76.5 Å². The number of hydrogen-bond acceptors (Lipinski definition) is 5. The molecule has 1 saturated carbocycles. The smallest absolute Gasteiger partial charge is 0.450 e. The van der Waals surface area contributed by atoms with E-state index in [1.165, 1.54) is 33.1 Å². The molecular formula is C32H38F3NO5. The molecule has 1 fully saturated rings. The first-order valence-electron chi connectivity index (χ1n) is 14.0. The second kappa shape index (κ2) is 13.4. The summed E-state index contributed by atoms with van der Waals surface area (Å²) in [5, 5.41) is 2.67. The second-order valence-corrected chi connectivity index (χ2v) is 11.3. The van der Waals surface area contributed by atoms with Gasteiger partial charge in [-0.25, -0.2) is 0 Å². The van der Waals surface area contributed by atoms with Gasteiger partial charge in [-0.1, -0.05) is 76.1 Å². The summed E-state index contributed by atoms with van der Waals surface area (Å²) in [5.74, 6) is -5.97. The third kappa shape index (κ3) is 7.63. The van der Waals surface area contributed by atoms with E-state index in [0.29, 0.717) is 24.2 Å². The molecule has 2 aromatic rings. The molecule has 0 aliphatic heterocycles. The molecular weight excluding hydrogens is 535 g/mol. The van der Waals surface area contributed by atoms with Gasteiger partial charge < -0.3 is 10.1 Å². The van der Waals surface area contributed by atoms with E-state index in [1.54, 1.807) is 19.1 Å². The van der Waals surface area contributed by atoms with Gasteiger partial charge in [0.1, 0.15) is 17.6 Å². The maximum Gasteiger partial charge on any atom is 0.450 e. The molecule has 3 rings (SSSR count). The highest BCUT2D eigenvalue weighted by Gasteiger charge is 2.46. The van der Waals surface area contributed by atoms with Crippen LogP contribution in [0.15, 0.2) is 54.6 Å². The molecule has 0 radical (unpaired) electrons. The minimum absolute atomic E-state index is 0.0492. The van der Waals surface area contributed by atoms with E-state index < -0.39 is 59.3 Å². The number of benzene rings is 2. The number of hydrogen-bond donors (Lipinski definition) is 1. The summed E-state index contributed by atoms with van der Waals surface area (Å²) in [7, 11) is 1.46. The molecule has 41 heavy (non-hydrogen) atoms. The Morgan fingerprint density at radius 2 is 1.49 bits per heavy atom. The van der Waals surface area contributed by atoms with Crippen LogP contribution >= 0.6 is 0 Å². The summed E-state index contributed by atoms with van der Waals surface area (Å²) in [6.45, 7) is 4.49. The van der Waals surface area contributed by atoms with Gasteiger partial charge in [-0.15, -0.1) is 0 Å². The zero-order chi connectivity index (χ0) is 30.4. The molecule has 6 nitrogen and oxygen atoms in total. The van der Waals surface area contributed by atoms with E-state index in [9.17, 15) is 32.3 Å². The molecule has 0 saturated heterocycles. The van der Waals surface area contributed by atoms with Gasteiger partial charge in [0.25, 0.3) is 0 Å². The molecule has 2 aromatic carbocycles. The van der Waals surface area contributed by atoms with Crippen molar-refractivity contribution in [2.24, 2.45) is 17.8 Å². The Kier molecular flexibility index (Phi) is 10.5. The number of rotatable bonds is 13. The van der Waals surface area contributed by atoms with Crippen LogP contribution in [0.25, 0.3) is 0 Å². The molecule has 3 atom stereocenters. The van der Waals surface area contributed by atoms with E-state index >= 15 is 0 Å². The predicted octanol–water partition coefficient (Wildman–Crippen LogP) is 6.32. The maximum absolute atomic E-state index is 13.6. The van der Waals surface area contributed by atoms with Gasteiger partial charge in [0, 0.05) is 24.7 Å². The van der Waals surface area contributed by atoms with Crippen molar-refractivity contribution in [3.8, 4) is 5.75 Å². The number of amides is 1. The number of alkyl halides is 3. The molecule has 0 bridgehead atoms. The van der Waals surface area contributed by atoms with Crippen molar-refractivity contribution in [3.05, 3.63) is 65.7 Å². The number of ketones is 3. The van der Waals surface area contributed by atoms with E-state index in [4.69, 9.17) is 4.74 Å². The molecule has 0 spiro atoms. The van der Waals surface area contributed by atoms with Crippen molar-refractivity contribution in [3.63, 3.8) is 0 Å². The maximum atomic E-state index is 13.6. The van der Waals surface area contributed by atoms with Crippen molar-refractivity contribution >= 4 is 23.3 Å². The van der Waals surface area contributed by atoms with Gasteiger partial charge in [-0.3, -0.25) is 19.2 Å². The van der Waals surface area contributed by atoms with Crippen LogP contribution in [-0.4, -0.2) is 36.5 Å². The first-order chi connectivity index (χ1) is 19.3. The van der Waals surface area contributed by atoms with Crippen LogP contribution in [0, 0.1) is 17.8 Å². The molecule has 222 valence electrons. The van der Waals surface area contributed by atoms with Gasteiger partial charge >= 0.3 is 6.18 Å². The van der Waals surface area contributed by atoms with Gasteiger partial charge in [0.05, 0.1) is 12.5 Å². The van der Waals surface area contributed by atoms with Gasteiger partial charge in [0.2, 0.25) is 11.7 Å². The molecule has 0 aromatic heterocycles. The minimum Gasteiger partial charge on any atom is -0.497 e. The fraction of sp³-hybridized carbons (Fsp3) is 0.500. The number of nitrogens with one attached hydrogen (secondary N) is 1. The largest absolute Gasteiger partial charge is 0.497 e. The van der Waals surface area contributed by atoms with Crippen molar-refractivity contribution < 1.29 is 37.1 Å². The Morgan fingerprint density at radius 1 is 0.902 bits per heavy atom. The lowest BCUT2D eigenvalue weighted by Crippen LogP contribution is -2.42. The third-order valence-corrected chi connectivity index (χ3v) is 8.16. The molecule has 0 unspecified atom stereocenters. The number of halogens is 3. The number of Topliss-reactive ketones (excluding diaryl/α,β-unsaturated/α-hetero) is 3. The summed E-state index contributed by atoms with van der Waals surface area (Å²) in [5.41, 5.74) is 0.598. The lowest BCUT2D eigenvalue weighted by atomic mass is 9.73. The highest BCUT2D eigenvalue weighted by molar-refractivity contribution is 5.97. The summed E-state index contributed by atoms with van der Waals surface area (Å²) >= 11 is 0. The van der Waals surface area contributed by atoms with E-state index in [2.05, 4.69) is 5.32 Å². The highest BCUT2D eigenvalue weighted by Crippen LogP contribution is 2.43. The van der Waals surface area contributed by atoms with Crippen LogP contribution in [0.4, 0.5) is 13.2 Å². The van der Waals surface area contributed by atoms with Gasteiger partial charge in [-0.2, -0.15) is 13.2 Å². The predicted molar refractivity (Wildman–Crippen MR) is 148 cm³/mol. The summed E-state index contributed by atoms with van der Waals surface area (Å²) in [4.78, 5) is 52.5. The normalized spacial score (nSPS) is 17.0. The lowest BCUT2D eigenvalue weighted by molar-refractivity contribution is -0.177. The van der Waals surface area contributed by atoms with Crippen molar-refractivity contribution in [2.75, 3.05) is 7.11 Å². The SMILES string of the molecule is COc1ccc([C@H](NC(=O)[C@H](C)CC(=O)C2(c3ccccc3)CCCC2)C(=O)C[C@H](C(=O)C(F)(F)F)C(C)C)cc1. The summed E-state index contributed by atoms with van der Waals surface area (Å²) in [6.07, 6.45) is -2.63. The molecule has 1 N–H and O–H groups in total. The molecule has 0 heterocycles. The highest BCUT2D eigenvalue weighted by atomic mass is 19.4. The average Bonchev–Trinajstić information content (AvgIpc) is 3.45. The van der Waals surface area contributed by atoms with Crippen molar-refractivity contribution in [1.82, 2.24) is 5.32 Å². The Bertz CT molecular complexity index is 1220. The standard InChI is InChI=1S/C32H38F3NO5/c1-20(2)25(29(39)32(33,34)35)19-26(37)28(22-12-14-24(41-4)15-13-22)36-30(40)21(3)18-27(38)31(16-8-9-17-31)23-10-6-5-7-11-23/h5-7,10-15,20-21,25,28H,8-9,16-19H2,1-4H3,(H,36,40)/t21-,25+,28+/m1/s1. The van der Waals surface area contributed by atoms with Crippen molar-refractivity contribution in [2.45, 2.75) is 76.9 Å². The van der Waals surface area contributed by atoms with Gasteiger partial charge in [-0.05, 0) is 42.0 Å². The van der Waals surface area contributed by atoms with E-state index in [0.717, 1.165) is 18.4 Å². The molecule has 1 aliphatic rings. The number of ether oxygens (including phenoxy) is 1. The van der Waals surface area contributed by atoms with E-state index in [-0.39, 0.29) is 12.2 Å². The molecule has 9 heteroatoms. The number of methoxy groups -OCH3 is 1. The third-order valence-electron chi connectivity index (χ3n) is 8.16. The summed E-state index contributed by atoms with van der Waals surface area (Å²) in [6, 6.07) is 14.4. The Hall–Kier alpha value is -3.49. The Labute approximate surface area is 239 Å². The molecule has 1 amide bonds. The van der Waals surface area contributed by atoms with Crippen LogP contribution in [0.5, 0.6) is 5.75 Å². The summed E-state index contributed by atoms with van der Waals surface area (Å²) < 4.78 is 44.9. The number of carbonyl (C=O) groups excluding carboxylic acids is 4. The Balaban J connectivity index is 1.83. The second-order valence-electron chi connectivity index (χ2n) is 11.3. The average molecular weight is 574 g/mol. The first-order valence-corrected chi connectivity index (χ1v) is 14.0. The molecule has 1 aliphatic carbocycles. The lowest BCUT2D eigenvalue weighted by Gasteiger charge is -2.30. The first kappa shape index (κ1) is 32.0. The topological polar surface area (TPSA) is 89.5 Å². The zero-order valence-corrected chi connectivity index (χ0v) is 23.9. The van der Waals surface area contributed by atoms with Gasteiger partial charge in [0.15, 0.2) is 5.78 Å². The minimum atomic E-state index is -5.09. The number of carbonyl (C=O) groups is 4. The Morgan fingerprint density at radius 3 is 2.00 bits per heavy atom. The zero-order valence-electron chi connectivity index (χ0n) is 23.9.